The van der Waals surface area contributed by atoms with E-state index in [4.69, 9.17) is 0 Å². The predicted octanol–water partition coefficient (Wildman–Crippen LogP) is 1.10. The number of amides is 2. The van der Waals surface area contributed by atoms with Crippen LogP contribution in [0.3, 0.4) is 0 Å². The Morgan fingerprint density at radius 2 is 2.04 bits per heavy atom. The van der Waals surface area contributed by atoms with Crippen molar-refractivity contribution >= 4 is 16.1 Å². The molecule has 1 saturated heterocycles. The van der Waals surface area contributed by atoms with E-state index in [2.05, 4.69) is 10.2 Å². The quantitative estimate of drug-likeness (QED) is 0.849. The molecule has 3 rings (SSSR count). The van der Waals surface area contributed by atoms with Crippen molar-refractivity contribution in [3.8, 4) is 0 Å². The van der Waals surface area contributed by atoms with Crippen LogP contribution in [0.2, 0.25) is 0 Å². The molecule has 0 unspecified atom stereocenters. The van der Waals surface area contributed by atoms with Gasteiger partial charge in [0.15, 0.2) is 0 Å². The molecule has 0 saturated carbocycles. The van der Waals surface area contributed by atoms with E-state index in [1.807, 2.05) is 27.1 Å². The summed E-state index contributed by atoms with van der Waals surface area (Å²) < 4.78 is 27.6. The molecule has 144 valence electrons. The highest BCUT2D eigenvalue weighted by Crippen LogP contribution is 2.27. The summed E-state index contributed by atoms with van der Waals surface area (Å²) >= 11 is 0. The lowest BCUT2D eigenvalue weighted by Gasteiger charge is -2.29. The van der Waals surface area contributed by atoms with Gasteiger partial charge in [-0.3, -0.25) is 0 Å². The Morgan fingerprint density at radius 1 is 1.27 bits per heavy atom. The van der Waals surface area contributed by atoms with Crippen LogP contribution in [0.4, 0.5) is 4.79 Å². The minimum Gasteiger partial charge on any atom is -0.338 e. The highest BCUT2D eigenvalue weighted by Gasteiger charge is 2.34. The molecule has 0 aromatic heterocycles. The first-order valence-corrected chi connectivity index (χ1v) is 10.6. The van der Waals surface area contributed by atoms with Gasteiger partial charge in [0.05, 0.1) is 4.90 Å². The standard InChI is InChI=1S/C18H28N4O3S/c1-4-19-18(23)21-9-7-14-5-6-17(11-15(14)12-21)26(24,25)22-10-8-16(13-22)20(2)3/h5-6,11,16H,4,7-10,12-13H2,1-3H3,(H,19,23)/t16-/m0/s1. The van der Waals surface area contributed by atoms with Crippen molar-refractivity contribution in [3.05, 3.63) is 29.3 Å². The number of likely N-dealkylation sites (N-methyl/N-ethyl adjacent to an activating group) is 1. The number of rotatable bonds is 4. The topological polar surface area (TPSA) is 73.0 Å². The Balaban J connectivity index is 1.80. The first-order chi connectivity index (χ1) is 12.3. The lowest BCUT2D eigenvalue weighted by Crippen LogP contribution is -2.42. The van der Waals surface area contributed by atoms with Gasteiger partial charge < -0.3 is 15.1 Å². The summed E-state index contributed by atoms with van der Waals surface area (Å²) in [6.07, 6.45) is 1.60. The highest BCUT2D eigenvalue weighted by atomic mass is 32.2. The average molecular weight is 381 g/mol. The fourth-order valence-electron chi connectivity index (χ4n) is 3.63. The number of urea groups is 1. The highest BCUT2D eigenvalue weighted by molar-refractivity contribution is 7.89. The van der Waals surface area contributed by atoms with Crippen molar-refractivity contribution in [1.29, 1.82) is 0 Å². The maximum absolute atomic E-state index is 13.0. The van der Waals surface area contributed by atoms with Gasteiger partial charge in [0, 0.05) is 38.8 Å². The van der Waals surface area contributed by atoms with Crippen molar-refractivity contribution in [2.45, 2.75) is 37.2 Å². The van der Waals surface area contributed by atoms with Gasteiger partial charge in [0.1, 0.15) is 0 Å². The summed E-state index contributed by atoms with van der Waals surface area (Å²) in [5, 5.41) is 2.81. The van der Waals surface area contributed by atoms with Gasteiger partial charge in [0.25, 0.3) is 0 Å². The molecule has 0 radical (unpaired) electrons. The van der Waals surface area contributed by atoms with E-state index in [0.717, 1.165) is 24.0 Å². The molecule has 26 heavy (non-hydrogen) atoms. The summed E-state index contributed by atoms with van der Waals surface area (Å²) in [5.74, 6) is 0. The Morgan fingerprint density at radius 3 is 2.69 bits per heavy atom. The summed E-state index contributed by atoms with van der Waals surface area (Å²) in [5.41, 5.74) is 2.05. The van der Waals surface area contributed by atoms with Crippen LogP contribution in [0, 0.1) is 0 Å². The Kier molecular flexibility index (Phi) is 5.55. The van der Waals surface area contributed by atoms with E-state index >= 15 is 0 Å². The normalized spacial score (nSPS) is 21.1. The Hall–Kier alpha value is -1.64. The molecule has 1 N–H and O–H groups in total. The molecule has 1 aromatic rings. The largest absolute Gasteiger partial charge is 0.338 e. The number of carbonyl (C=O) groups is 1. The summed E-state index contributed by atoms with van der Waals surface area (Å²) in [6.45, 7) is 4.65. The molecule has 2 amide bonds. The SMILES string of the molecule is CCNC(=O)N1CCc2ccc(S(=O)(=O)N3CC[C@H](N(C)C)C3)cc2C1. The number of hydrogen-bond donors (Lipinski definition) is 1. The van der Waals surface area contributed by atoms with Crippen molar-refractivity contribution in [1.82, 2.24) is 19.4 Å². The lowest BCUT2D eigenvalue weighted by atomic mass is 10.0. The summed E-state index contributed by atoms with van der Waals surface area (Å²) in [4.78, 5) is 16.2. The van der Waals surface area contributed by atoms with Crippen molar-refractivity contribution in [2.75, 3.05) is 40.3 Å². The molecule has 0 bridgehead atoms. The van der Waals surface area contributed by atoms with Crippen LogP contribution in [-0.4, -0.2) is 74.9 Å². The molecule has 2 heterocycles. The fourth-order valence-corrected chi connectivity index (χ4v) is 5.17. The molecule has 0 aliphatic carbocycles. The van der Waals surface area contributed by atoms with E-state index in [-0.39, 0.29) is 12.1 Å². The van der Waals surface area contributed by atoms with Gasteiger partial charge in [0.2, 0.25) is 10.0 Å². The maximum atomic E-state index is 13.0. The summed E-state index contributed by atoms with van der Waals surface area (Å²) in [7, 11) is 0.465. The minimum atomic E-state index is -3.50. The second-order valence-electron chi connectivity index (χ2n) is 7.21. The van der Waals surface area contributed by atoms with Gasteiger partial charge in [-0.25, -0.2) is 13.2 Å². The zero-order valence-electron chi connectivity index (χ0n) is 15.7. The third kappa shape index (κ3) is 3.72. The zero-order chi connectivity index (χ0) is 18.9. The molecule has 1 atom stereocenters. The molecule has 2 aliphatic heterocycles. The number of nitrogens with one attached hydrogen (secondary N) is 1. The van der Waals surface area contributed by atoms with Gasteiger partial charge in [-0.15, -0.1) is 0 Å². The van der Waals surface area contributed by atoms with Crippen LogP contribution in [0.1, 0.15) is 24.5 Å². The Labute approximate surface area is 156 Å². The van der Waals surface area contributed by atoms with Crippen LogP contribution in [0.15, 0.2) is 23.1 Å². The second-order valence-corrected chi connectivity index (χ2v) is 9.14. The van der Waals surface area contributed by atoms with E-state index < -0.39 is 10.0 Å². The monoisotopic (exact) mass is 380 g/mol. The molecule has 8 heteroatoms. The zero-order valence-corrected chi connectivity index (χ0v) is 16.6. The number of benzene rings is 1. The van der Waals surface area contributed by atoms with Gasteiger partial charge in [-0.2, -0.15) is 4.31 Å². The lowest BCUT2D eigenvalue weighted by molar-refractivity contribution is 0.193. The van der Waals surface area contributed by atoms with Crippen molar-refractivity contribution < 1.29 is 13.2 Å². The third-order valence-corrected chi connectivity index (χ3v) is 7.16. The fraction of sp³-hybridized carbons (Fsp3) is 0.611. The molecular weight excluding hydrogens is 352 g/mol. The third-order valence-electron chi connectivity index (χ3n) is 5.30. The average Bonchev–Trinajstić information content (AvgIpc) is 3.12. The van der Waals surface area contributed by atoms with Gasteiger partial charge in [-0.05, 0) is 57.1 Å². The molecule has 1 aromatic carbocycles. The number of nitrogens with zero attached hydrogens (tertiary/aromatic N) is 3. The van der Waals surface area contributed by atoms with E-state index in [1.54, 1.807) is 21.3 Å². The van der Waals surface area contributed by atoms with Crippen LogP contribution in [-0.2, 0) is 23.0 Å². The molecule has 2 aliphatic rings. The first-order valence-electron chi connectivity index (χ1n) is 9.14. The van der Waals surface area contributed by atoms with Crippen LogP contribution in [0.5, 0.6) is 0 Å². The molecule has 1 fully saturated rings. The first kappa shape index (κ1) is 19.1. The van der Waals surface area contributed by atoms with Crippen molar-refractivity contribution in [3.63, 3.8) is 0 Å². The molecule has 7 nitrogen and oxygen atoms in total. The van der Waals surface area contributed by atoms with Crippen LogP contribution in [0.25, 0.3) is 0 Å². The predicted molar refractivity (Wildman–Crippen MR) is 100 cm³/mol. The molecular formula is C18H28N4O3S. The van der Waals surface area contributed by atoms with Crippen LogP contribution >= 0.6 is 0 Å². The molecule has 0 spiro atoms. The van der Waals surface area contributed by atoms with E-state index in [0.29, 0.717) is 37.6 Å². The van der Waals surface area contributed by atoms with E-state index in [9.17, 15) is 13.2 Å². The number of sulfonamides is 1. The summed E-state index contributed by atoms with van der Waals surface area (Å²) in [6, 6.07) is 5.52. The Bertz CT molecular complexity index is 779. The maximum Gasteiger partial charge on any atom is 0.317 e. The van der Waals surface area contributed by atoms with Gasteiger partial charge >= 0.3 is 6.03 Å². The number of carbonyl (C=O) groups excluding carboxylic acids is 1. The van der Waals surface area contributed by atoms with E-state index in [1.165, 1.54) is 0 Å². The smallest absolute Gasteiger partial charge is 0.317 e. The number of fused-ring (bicyclic) bond motifs is 1. The van der Waals surface area contributed by atoms with Crippen molar-refractivity contribution in [2.24, 2.45) is 0 Å². The van der Waals surface area contributed by atoms with Gasteiger partial charge in [-0.1, -0.05) is 6.07 Å². The minimum absolute atomic E-state index is 0.0974. The van der Waals surface area contributed by atoms with Crippen LogP contribution < -0.4 is 5.32 Å². The second kappa shape index (κ2) is 7.54. The number of hydrogen-bond acceptors (Lipinski definition) is 4.